The quantitative estimate of drug-likeness (QED) is 0.621. The molecule has 0 saturated carbocycles. The molecule has 0 unspecified atom stereocenters. The molecule has 5 nitrogen and oxygen atoms in total. The number of imidazole rings is 1. The van der Waals surface area contributed by atoms with Crippen LogP contribution in [0.4, 0.5) is 0 Å². The van der Waals surface area contributed by atoms with Crippen LogP contribution in [0.1, 0.15) is 13.3 Å². The molecule has 0 atom stereocenters. The van der Waals surface area contributed by atoms with Gasteiger partial charge in [-0.05, 0) is 48.9 Å². The van der Waals surface area contributed by atoms with E-state index in [1.54, 1.807) is 21.3 Å². The van der Waals surface area contributed by atoms with Crippen LogP contribution < -0.4 is 14.2 Å². The van der Waals surface area contributed by atoms with Crippen LogP contribution in [-0.4, -0.2) is 30.9 Å². The number of aryl methyl sites for hydroxylation is 1. The normalized spacial score (nSPS) is 10.6. The Balaban J connectivity index is 2.13. The van der Waals surface area contributed by atoms with Crippen LogP contribution in [0.2, 0.25) is 0 Å². The van der Waals surface area contributed by atoms with Crippen LogP contribution in [0, 0.1) is 0 Å². The standard InChI is InChI=1S/C21H24N2O3/c1-5-12-23-14-22-20(15-6-9-17(24-2)10-7-15)21(23)16-8-11-18(25-3)19(13-16)26-4/h6-11,13-14H,5,12H2,1-4H3. The van der Waals surface area contributed by atoms with Gasteiger partial charge < -0.3 is 18.8 Å². The molecule has 0 aliphatic heterocycles. The van der Waals surface area contributed by atoms with Crippen molar-refractivity contribution in [1.29, 1.82) is 0 Å². The minimum atomic E-state index is 0.704. The summed E-state index contributed by atoms with van der Waals surface area (Å²) in [4.78, 5) is 4.69. The number of nitrogens with zero attached hydrogens (tertiary/aromatic N) is 2. The number of aromatic nitrogens is 2. The molecule has 0 radical (unpaired) electrons. The monoisotopic (exact) mass is 352 g/mol. The fourth-order valence-corrected chi connectivity index (χ4v) is 3.04. The highest BCUT2D eigenvalue weighted by Gasteiger charge is 2.17. The average molecular weight is 352 g/mol. The molecule has 0 bridgehead atoms. The number of rotatable bonds is 7. The van der Waals surface area contributed by atoms with Crippen LogP contribution in [0.3, 0.4) is 0 Å². The molecule has 0 aliphatic carbocycles. The molecule has 0 amide bonds. The second kappa shape index (κ2) is 7.95. The van der Waals surface area contributed by atoms with Crippen LogP contribution in [-0.2, 0) is 6.54 Å². The lowest BCUT2D eigenvalue weighted by molar-refractivity contribution is 0.355. The molecular formula is C21H24N2O3. The Morgan fingerprint density at radius 2 is 1.54 bits per heavy atom. The molecule has 5 heteroatoms. The molecular weight excluding hydrogens is 328 g/mol. The number of ether oxygens (including phenoxy) is 3. The molecule has 0 N–H and O–H groups in total. The Bertz CT molecular complexity index is 869. The highest BCUT2D eigenvalue weighted by molar-refractivity contribution is 5.80. The smallest absolute Gasteiger partial charge is 0.161 e. The van der Waals surface area contributed by atoms with E-state index in [4.69, 9.17) is 14.2 Å². The lowest BCUT2D eigenvalue weighted by Gasteiger charge is -2.13. The van der Waals surface area contributed by atoms with Crippen molar-refractivity contribution < 1.29 is 14.2 Å². The SMILES string of the molecule is CCCn1cnc(-c2ccc(OC)cc2)c1-c1ccc(OC)c(OC)c1. The van der Waals surface area contributed by atoms with Gasteiger partial charge in [-0.15, -0.1) is 0 Å². The van der Waals surface area contributed by atoms with E-state index in [1.807, 2.05) is 48.8 Å². The Labute approximate surface area is 154 Å². The van der Waals surface area contributed by atoms with Crippen molar-refractivity contribution in [3.05, 3.63) is 48.8 Å². The van der Waals surface area contributed by atoms with E-state index in [-0.39, 0.29) is 0 Å². The van der Waals surface area contributed by atoms with E-state index in [9.17, 15) is 0 Å². The average Bonchev–Trinajstić information content (AvgIpc) is 3.11. The van der Waals surface area contributed by atoms with Gasteiger partial charge in [-0.25, -0.2) is 4.98 Å². The number of hydrogen-bond donors (Lipinski definition) is 0. The third-order valence-electron chi connectivity index (χ3n) is 4.32. The Kier molecular flexibility index (Phi) is 5.46. The Morgan fingerprint density at radius 3 is 2.15 bits per heavy atom. The predicted molar refractivity (Wildman–Crippen MR) is 103 cm³/mol. The van der Waals surface area contributed by atoms with Gasteiger partial charge in [0.15, 0.2) is 11.5 Å². The molecule has 3 rings (SSSR count). The lowest BCUT2D eigenvalue weighted by atomic mass is 10.0. The minimum Gasteiger partial charge on any atom is -0.497 e. The first-order valence-electron chi connectivity index (χ1n) is 8.63. The zero-order valence-corrected chi connectivity index (χ0v) is 15.7. The summed E-state index contributed by atoms with van der Waals surface area (Å²) < 4.78 is 18.3. The Morgan fingerprint density at radius 1 is 0.846 bits per heavy atom. The molecule has 0 spiro atoms. The van der Waals surface area contributed by atoms with Gasteiger partial charge in [0.1, 0.15) is 5.75 Å². The Hall–Kier alpha value is -2.95. The van der Waals surface area contributed by atoms with E-state index in [1.165, 1.54) is 0 Å². The second-order valence-electron chi connectivity index (χ2n) is 5.93. The maximum Gasteiger partial charge on any atom is 0.161 e. The maximum atomic E-state index is 5.48. The summed E-state index contributed by atoms with van der Waals surface area (Å²) in [5, 5.41) is 0. The first-order valence-corrected chi connectivity index (χ1v) is 8.63. The summed E-state index contributed by atoms with van der Waals surface area (Å²) >= 11 is 0. The van der Waals surface area contributed by atoms with Gasteiger partial charge >= 0.3 is 0 Å². The van der Waals surface area contributed by atoms with Crippen molar-refractivity contribution in [1.82, 2.24) is 9.55 Å². The fraction of sp³-hybridized carbons (Fsp3) is 0.286. The largest absolute Gasteiger partial charge is 0.497 e. The number of benzene rings is 2. The third kappa shape index (κ3) is 3.38. The molecule has 3 aromatic rings. The lowest BCUT2D eigenvalue weighted by Crippen LogP contribution is -1.99. The summed E-state index contributed by atoms with van der Waals surface area (Å²) in [5.74, 6) is 2.24. The number of hydrogen-bond acceptors (Lipinski definition) is 4. The van der Waals surface area contributed by atoms with Crippen molar-refractivity contribution in [2.24, 2.45) is 0 Å². The van der Waals surface area contributed by atoms with Crippen LogP contribution in [0.5, 0.6) is 17.2 Å². The van der Waals surface area contributed by atoms with Crippen LogP contribution >= 0.6 is 0 Å². The van der Waals surface area contributed by atoms with Crippen molar-refractivity contribution >= 4 is 0 Å². The minimum absolute atomic E-state index is 0.704. The summed E-state index contributed by atoms with van der Waals surface area (Å²) in [5.41, 5.74) is 4.09. The van der Waals surface area contributed by atoms with Gasteiger partial charge in [-0.1, -0.05) is 6.92 Å². The summed E-state index contributed by atoms with van der Waals surface area (Å²) in [6.07, 6.45) is 2.92. The van der Waals surface area contributed by atoms with Crippen molar-refractivity contribution in [2.45, 2.75) is 19.9 Å². The molecule has 0 fully saturated rings. The van der Waals surface area contributed by atoms with E-state index < -0.39 is 0 Å². The second-order valence-corrected chi connectivity index (χ2v) is 5.93. The molecule has 136 valence electrons. The van der Waals surface area contributed by atoms with Gasteiger partial charge in [-0.3, -0.25) is 0 Å². The molecule has 0 aliphatic rings. The van der Waals surface area contributed by atoms with Crippen LogP contribution in [0.25, 0.3) is 22.5 Å². The summed E-state index contributed by atoms with van der Waals surface area (Å²) in [6, 6.07) is 13.9. The molecule has 1 aromatic heterocycles. The first kappa shape index (κ1) is 17.9. The van der Waals surface area contributed by atoms with Crippen molar-refractivity contribution in [3.8, 4) is 39.8 Å². The molecule has 26 heavy (non-hydrogen) atoms. The van der Waals surface area contributed by atoms with Crippen LogP contribution in [0.15, 0.2) is 48.8 Å². The molecule has 2 aromatic carbocycles. The number of methoxy groups -OCH3 is 3. The van der Waals surface area contributed by atoms with Gasteiger partial charge in [0.05, 0.1) is 39.0 Å². The van der Waals surface area contributed by atoms with Gasteiger partial charge in [0, 0.05) is 17.7 Å². The zero-order valence-electron chi connectivity index (χ0n) is 15.7. The predicted octanol–water partition coefficient (Wildman–Crippen LogP) is 4.65. The maximum absolute atomic E-state index is 5.48. The van der Waals surface area contributed by atoms with Gasteiger partial charge in [0.2, 0.25) is 0 Å². The van der Waals surface area contributed by atoms with Gasteiger partial charge in [-0.2, -0.15) is 0 Å². The van der Waals surface area contributed by atoms with Crippen molar-refractivity contribution in [2.75, 3.05) is 21.3 Å². The molecule has 0 saturated heterocycles. The van der Waals surface area contributed by atoms with E-state index >= 15 is 0 Å². The third-order valence-corrected chi connectivity index (χ3v) is 4.32. The van der Waals surface area contributed by atoms with Gasteiger partial charge in [0.25, 0.3) is 0 Å². The highest BCUT2D eigenvalue weighted by atomic mass is 16.5. The summed E-state index contributed by atoms with van der Waals surface area (Å²) in [7, 11) is 4.96. The van der Waals surface area contributed by atoms with Crippen molar-refractivity contribution in [3.63, 3.8) is 0 Å². The zero-order chi connectivity index (χ0) is 18.5. The van der Waals surface area contributed by atoms with E-state index in [2.05, 4.69) is 16.5 Å². The highest BCUT2D eigenvalue weighted by Crippen LogP contribution is 2.37. The van der Waals surface area contributed by atoms with E-state index in [0.717, 1.165) is 41.2 Å². The van der Waals surface area contributed by atoms with E-state index in [0.29, 0.717) is 11.5 Å². The first-order chi connectivity index (χ1) is 12.7. The fourth-order valence-electron chi connectivity index (χ4n) is 3.04. The summed E-state index contributed by atoms with van der Waals surface area (Å²) in [6.45, 7) is 3.05. The molecule has 1 heterocycles. The topological polar surface area (TPSA) is 45.5 Å².